The van der Waals surface area contributed by atoms with Gasteiger partial charge in [-0.05, 0) is 12.0 Å². The number of hydrogen-bond donors (Lipinski definition) is 3. The molecule has 0 aromatic heterocycles. The molecule has 1 aromatic carbocycles. The van der Waals surface area contributed by atoms with Crippen LogP contribution in [0.1, 0.15) is 24.4 Å². The lowest BCUT2D eigenvalue weighted by Gasteiger charge is -2.11. The summed E-state index contributed by atoms with van der Waals surface area (Å²) in [5, 5.41) is 11.0. The molecule has 4 N–H and O–H groups in total. The molecular weight excluding hydrogens is 220 g/mol. The van der Waals surface area contributed by atoms with E-state index in [-0.39, 0.29) is 12.3 Å². The van der Waals surface area contributed by atoms with Crippen molar-refractivity contribution < 1.29 is 14.7 Å². The molecule has 5 nitrogen and oxygen atoms in total. The zero-order valence-electron chi connectivity index (χ0n) is 9.43. The van der Waals surface area contributed by atoms with Crippen molar-refractivity contribution in [2.75, 3.05) is 6.54 Å². The smallest absolute Gasteiger partial charge is 0.303 e. The first-order valence-electron chi connectivity index (χ1n) is 5.41. The summed E-state index contributed by atoms with van der Waals surface area (Å²) in [4.78, 5) is 21.9. The van der Waals surface area contributed by atoms with E-state index in [1.807, 2.05) is 18.2 Å². The minimum absolute atomic E-state index is 0.0425. The molecule has 92 valence electrons. The normalized spacial score (nSPS) is 11.8. The highest BCUT2D eigenvalue weighted by Crippen LogP contribution is 2.08. The van der Waals surface area contributed by atoms with Gasteiger partial charge in [0.15, 0.2) is 0 Å². The standard InChI is InChI=1S/C12H16N2O3/c13-11(9-5-2-1-3-6-9)12(17)14-8-4-7-10(15)16/h1-3,5-6,11H,4,7-8,13H2,(H,14,17)(H,15,16)/t11-/m0/s1. The maximum atomic E-state index is 11.6. The summed E-state index contributed by atoms with van der Waals surface area (Å²) in [6.07, 6.45) is 0.448. The number of benzene rings is 1. The molecule has 0 fully saturated rings. The Balaban J connectivity index is 2.35. The summed E-state index contributed by atoms with van der Waals surface area (Å²) in [6, 6.07) is 8.32. The number of nitrogens with two attached hydrogens (primary N) is 1. The molecule has 1 atom stereocenters. The van der Waals surface area contributed by atoms with Crippen LogP contribution in [0.4, 0.5) is 0 Å². The summed E-state index contributed by atoms with van der Waals surface area (Å²) < 4.78 is 0. The second kappa shape index (κ2) is 6.65. The number of carbonyl (C=O) groups is 2. The molecule has 1 aromatic rings. The average Bonchev–Trinajstić information content (AvgIpc) is 2.34. The van der Waals surface area contributed by atoms with E-state index in [1.54, 1.807) is 12.1 Å². The van der Waals surface area contributed by atoms with Gasteiger partial charge in [0.1, 0.15) is 6.04 Å². The van der Waals surface area contributed by atoms with Crippen LogP contribution in [0.25, 0.3) is 0 Å². The third-order valence-corrected chi connectivity index (χ3v) is 2.31. The van der Waals surface area contributed by atoms with E-state index in [4.69, 9.17) is 10.8 Å². The molecule has 17 heavy (non-hydrogen) atoms. The van der Waals surface area contributed by atoms with Gasteiger partial charge in [0.05, 0.1) is 0 Å². The van der Waals surface area contributed by atoms with E-state index in [0.29, 0.717) is 13.0 Å². The van der Waals surface area contributed by atoms with Gasteiger partial charge in [-0.3, -0.25) is 9.59 Å². The Morgan fingerprint density at radius 3 is 2.53 bits per heavy atom. The summed E-state index contributed by atoms with van der Waals surface area (Å²) >= 11 is 0. The van der Waals surface area contributed by atoms with Crippen molar-refractivity contribution in [2.45, 2.75) is 18.9 Å². The van der Waals surface area contributed by atoms with Gasteiger partial charge in [-0.2, -0.15) is 0 Å². The minimum Gasteiger partial charge on any atom is -0.481 e. The van der Waals surface area contributed by atoms with Crippen molar-refractivity contribution in [3.8, 4) is 0 Å². The Bertz CT molecular complexity index is 379. The molecule has 0 unspecified atom stereocenters. The molecule has 0 saturated carbocycles. The second-order valence-electron chi connectivity index (χ2n) is 3.68. The molecule has 0 aliphatic carbocycles. The van der Waals surface area contributed by atoms with Crippen LogP contribution in [0.2, 0.25) is 0 Å². The van der Waals surface area contributed by atoms with Gasteiger partial charge in [0.2, 0.25) is 5.91 Å². The van der Waals surface area contributed by atoms with Crippen molar-refractivity contribution in [1.82, 2.24) is 5.32 Å². The minimum atomic E-state index is -0.869. The highest BCUT2D eigenvalue weighted by molar-refractivity contribution is 5.82. The fourth-order valence-electron chi connectivity index (χ4n) is 1.37. The van der Waals surface area contributed by atoms with Crippen LogP contribution in [0.3, 0.4) is 0 Å². The van der Waals surface area contributed by atoms with Gasteiger partial charge in [0, 0.05) is 13.0 Å². The lowest BCUT2D eigenvalue weighted by atomic mass is 10.1. The first-order valence-corrected chi connectivity index (χ1v) is 5.41. The summed E-state index contributed by atoms with van der Waals surface area (Å²) in [5.74, 6) is -1.16. The van der Waals surface area contributed by atoms with Crippen LogP contribution < -0.4 is 11.1 Å². The van der Waals surface area contributed by atoms with E-state index in [2.05, 4.69) is 5.32 Å². The third-order valence-electron chi connectivity index (χ3n) is 2.31. The van der Waals surface area contributed by atoms with Gasteiger partial charge in [0.25, 0.3) is 0 Å². The van der Waals surface area contributed by atoms with Crippen molar-refractivity contribution in [1.29, 1.82) is 0 Å². The highest BCUT2D eigenvalue weighted by Gasteiger charge is 2.14. The predicted molar refractivity (Wildman–Crippen MR) is 63.2 cm³/mol. The zero-order chi connectivity index (χ0) is 12.7. The molecular formula is C12H16N2O3. The Kier molecular flexibility index (Phi) is 5.16. The maximum Gasteiger partial charge on any atom is 0.303 e. The topological polar surface area (TPSA) is 92.4 Å². The first-order chi connectivity index (χ1) is 8.11. The SMILES string of the molecule is N[C@H](C(=O)NCCCC(=O)O)c1ccccc1. The number of rotatable bonds is 6. The Hall–Kier alpha value is -1.88. The molecule has 0 radical (unpaired) electrons. The van der Waals surface area contributed by atoms with Crippen molar-refractivity contribution in [3.05, 3.63) is 35.9 Å². The summed E-state index contributed by atoms with van der Waals surface area (Å²) in [7, 11) is 0. The second-order valence-corrected chi connectivity index (χ2v) is 3.68. The predicted octanol–water partition coefficient (Wildman–Crippen LogP) is 0.667. The van der Waals surface area contributed by atoms with Crippen molar-refractivity contribution in [2.24, 2.45) is 5.73 Å². The van der Waals surface area contributed by atoms with Gasteiger partial charge >= 0.3 is 5.97 Å². The Labute approximate surface area is 99.6 Å². The average molecular weight is 236 g/mol. The zero-order valence-corrected chi connectivity index (χ0v) is 9.43. The molecule has 0 saturated heterocycles. The van der Waals surface area contributed by atoms with Crippen molar-refractivity contribution >= 4 is 11.9 Å². The fourth-order valence-corrected chi connectivity index (χ4v) is 1.37. The number of nitrogens with one attached hydrogen (secondary N) is 1. The van der Waals surface area contributed by atoms with E-state index in [0.717, 1.165) is 5.56 Å². The van der Waals surface area contributed by atoms with E-state index >= 15 is 0 Å². The molecule has 0 heterocycles. The molecule has 0 aliphatic rings. The van der Waals surface area contributed by atoms with Crippen LogP contribution >= 0.6 is 0 Å². The van der Waals surface area contributed by atoms with Crippen molar-refractivity contribution in [3.63, 3.8) is 0 Å². The fraction of sp³-hybridized carbons (Fsp3) is 0.333. The van der Waals surface area contributed by atoms with Gasteiger partial charge in [-0.25, -0.2) is 0 Å². The number of carboxylic acids is 1. The molecule has 5 heteroatoms. The van der Waals surface area contributed by atoms with E-state index in [9.17, 15) is 9.59 Å². The quantitative estimate of drug-likeness (QED) is 0.633. The molecule has 1 rings (SSSR count). The van der Waals surface area contributed by atoms with Gasteiger partial charge in [-0.15, -0.1) is 0 Å². The molecule has 0 spiro atoms. The number of carbonyl (C=O) groups excluding carboxylic acids is 1. The molecule has 1 amide bonds. The van der Waals surface area contributed by atoms with Crippen LogP contribution in [-0.2, 0) is 9.59 Å². The highest BCUT2D eigenvalue weighted by atomic mass is 16.4. The monoisotopic (exact) mass is 236 g/mol. The van der Waals surface area contributed by atoms with Gasteiger partial charge < -0.3 is 16.2 Å². The Morgan fingerprint density at radius 2 is 1.94 bits per heavy atom. The summed E-state index contributed by atoms with van der Waals surface area (Å²) in [5.41, 5.74) is 6.49. The lowest BCUT2D eigenvalue weighted by molar-refractivity contribution is -0.137. The van der Waals surface area contributed by atoms with Crippen LogP contribution in [0.5, 0.6) is 0 Å². The largest absolute Gasteiger partial charge is 0.481 e. The number of carboxylic acid groups (broad SMARTS) is 1. The maximum absolute atomic E-state index is 11.6. The lowest BCUT2D eigenvalue weighted by Crippen LogP contribution is -2.34. The van der Waals surface area contributed by atoms with E-state index < -0.39 is 12.0 Å². The molecule has 0 bridgehead atoms. The van der Waals surface area contributed by atoms with Gasteiger partial charge in [-0.1, -0.05) is 30.3 Å². The number of aliphatic carboxylic acids is 1. The number of hydrogen-bond acceptors (Lipinski definition) is 3. The van der Waals surface area contributed by atoms with Crippen LogP contribution in [0.15, 0.2) is 30.3 Å². The van der Waals surface area contributed by atoms with Crippen LogP contribution in [-0.4, -0.2) is 23.5 Å². The van der Waals surface area contributed by atoms with Crippen LogP contribution in [0, 0.1) is 0 Å². The van der Waals surface area contributed by atoms with E-state index in [1.165, 1.54) is 0 Å². The summed E-state index contributed by atoms with van der Waals surface area (Å²) in [6.45, 7) is 0.325. The number of amides is 1. The Morgan fingerprint density at radius 1 is 1.29 bits per heavy atom. The first kappa shape index (κ1) is 13.2. The molecule has 0 aliphatic heterocycles. The third kappa shape index (κ3) is 4.65.